The topological polar surface area (TPSA) is 39.2 Å². The van der Waals surface area contributed by atoms with Crippen molar-refractivity contribution >= 4 is 40.2 Å². The van der Waals surface area contributed by atoms with Gasteiger partial charge < -0.3 is 4.74 Å². The molecule has 0 aliphatic heterocycles. The maximum atomic E-state index is 11.1. The van der Waals surface area contributed by atoms with Crippen molar-refractivity contribution in [2.75, 3.05) is 7.11 Å². The molecule has 0 saturated carbocycles. The van der Waals surface area contributed by atoms with Crippen LogP contribution in [0.4, 0.5) is 0 Å². The molecule has 0 aliphatic rings. The highest BCUT2D eigenvalue weighted by Gasteiger charge is 2.09. The van der Waals surface area contributed by atoms with Crippen LogP contribution >= 0.6 is 34.3 Å². The molecule has 16 heavy (non-hydrogen) atoms. The molecule has 0 radical (unpaired) electrons. The van der Waals surface area contributed by atoms with Crippen LogP contribution in [-0.2, 0) is 16.0 Å². The Morgan fingerprint density at radius 3 is 2.94 bits per heavy atom. The van der Waals surface area contributed by atoms with Gasteiger partial charge in [-0.1, -0.05) is 11.6 Å². The third kappa shape index (κ3) is 2.61. The summed E-state index contributed by atoms with van der Waals surface area (Å²) in [5.41, 5.74) is 1.84. The minimum atomic E-state index is -0.274. The quantitative estimate of drug-likeness (QED) is 0.806. The predicted octanol–water partition coefficient (Wildman–Crippen LogP) is 3.24. The average molecular weight is 274 g/mol. The van der Waals surface area contributed by atoms with Crippen LogP contribution in [0, 0.1) is 0 Å². The Labute approximate surface area is 106 Å². The van der Waals surface area contributed by atoms with Crippen LogP contribution in [0.1, 0.15) is 5.01 Å². The van der Waals surface area contributed by atoms with Crippen molar-refractivity contribution in [3.05, 3.63) is 26.2 Å². The number of esters is 1. The molecule has 2 heterocycles. The maximum Gasteiger partial charge on any atom is 0.312 e. The smallest absolute Gasteiger partial charge is 0.312 e. The zero-order valence-corrected chi connectivity index (χ0v) is 10.8. The zero-order chi connectivity index (χ0) is 11.5. The highest BCUT2D eigenvalue weighted by atomic mass is 35.5. The monoisotopic (exact) mass is 273 g/mol. The van der Waals surface area contributed by atoms with Gasteiger partial charge in [0.05, 0.1) is 23.6 Å². The number of rotatable bonds is 3. The van der Waals surface area contributed by atoms with Gasteiger partial charge in [0.1, 0.15) is 5.01 Å². The van der Waals surface area contributed by atoms with E-state index < -0.39 is 0 Å². The summed E-state index contributed by atoms with van der Waals surface area (Å²) in [6, 6.07) is 1.86. The Bertz CT molecular complexity index is 506. The number of nitrogens with zero attached hydrogens (tertiary/aromatic N) is 1. The molecule has 0 spiro atoms. The van der Waals surface area contributed by atoms with Gasteiger partial charge in [-0.15, -0.1) is 22.7 Å². The Hall–Kier alpha value is -0.910. The second-order valence-electron chi connectivity index (χ2n) is 3.02. The lowest BCUT2D eigenvalue weighted by Gasteiger charge is -1.93. The fourth-order valence-corrected chi connectivity index (χ4v) is 2.83. The van der Waals surface area contributed by atoms with E-state index in [9.17, 15) is 4.79 Å². The summed E-state index contributed by atoms with van der Waals surface area (Å²) >= 11 is 8.76. The fourth-order valence-electron chi connectivity index (χ4n) is 1.16. The van der Waals surface area contributed by atoms with Crippen molar-refractivity contribution in [3.8, 4) is 11.3 Å². The molecule has 0 aliphatic carbocycles. The number of hydrogen-bond donors (Lipinski definition) is 0. The average Bonchev–Trinajstić information content (AvgIpc) is 2.87. The molecule has 6 heteroatoms. The van der Waals surface area contributed by atoms with Gasteiger partial charge in [0.2, 0.25) is 0 Å². The first-order chi connectivity index (χ1) is 7.69. The largest absolute Gasteiger partial charge is 0.469 e. The number of thiazole rings is 1. The van der Waals surface area contributed by atoms with Crippen LogP contribution < -0.4 is 0 Å². The lowest BCUT2D eigenvalue weighted by molar-refractivity contribution is -0.139. The number of carbonyl (C=O) groups is 1. The molecule has 0 fully saturated rings. The van der Waals surface area contributed by atoms with Crippen molar-refractivity contribution in [2.45, 2.75) is 6.42 Å². The van der Waals surface area contributed by atoms with E-state index >= 15 is 0 Å². The number of hydrogen-bond acceptors (Lipinski definition) is 5. The van der Waals surface area contributed by atoms with E-state index in [2.05, 4.69) is 9.72 Å². The summed E-state index contributed by atoms with van der Waals surface area (Å²) in [6.45, 7) is 0. The van der Waals surface area contributed by atoms with Crippen LogP contribution in [-0.4, -0.2) is 18.1 Å². The second kappa shape index (κ2) is 4.95. The number of halogens is 1. The zero-order valence-electron chi connectivity index (χ0n) is 8.40. The van der Waals surface area contributed by atoms with E-state index in [0.29, 0.717) is 0 Å². The molecule has 0 unspecified atom stereocenters. The lowest BCUT2D eigenvalue weighted by Crippen LogP contribution is -2.03. The van der Waals surface area contributed by atoms with Crippen LogP contribution in [0.15, 0.2) is 16.8 Å². The predicted molar refractivity (Wildman–Crippen MR) is 66.2 cm³/mol. The molecule has 0 N–H and O–H groups in total. The van der Waals surface area contributed by atoms with Crippen molar-refractivity contribution in [3.63, 3.8) is 0 Å². The minimum Gasteiger partial charge on any atom is -0.469 e. The summed E-state index contributed by atoms with van der Waals surface area (Å²) in [7, 11) is 1.37. The second-order valence-corrected chi connectivity index (χ2v) is 5.50. The van der Waals surface area contributed by atoms with Gasteiger partial charge in [-0.2, -0.15) is 0 Å². The molecule has 2 aromatic rings. The minimum absolute atomic E-state index is 0.221. The molecule has 2 aromatic heterocycles. The molecule has 0 amide bonds. The van der Waals surface area contributed by atoms with E-state index in [-0.39, 0.29) is 12.4 Å². The van der Waals surface area contributed by atoms with E-state index in [1.54, 1.807) is 0 Å². The van der Waals surface area contributed by atoms with Gasteiger partial charge in [-0.3, -0.25) is 4.79 Å². The summed E-state index contributed by atoms with van der Waals surface area (Å²) in [5, 5.41) is 4.61. The fraction of sp³-hybridized carbons (Fsp3) is 0.200. The van der Waals surface area contributed by atoms with Gasteiger partial charge in [0, 0.05) is 16.3 Å². The summed E-state index contributed by atoms with van der Waals surface area (Å²) in [6.07, 6.45) is 0.221. The highest BCUT2D eigenvalue weighted by molar-refractivity contribution is 7.14. The van der Waals surface area contributed by atoms with E-state index in [0.717, 1.165) is 20.6 Å². The number of ether oxygens (including phenoxy) is 1. The third-order valence-corrected chi connectivity index (χ3v) is 3.88. The van der Waals surface area contributed by atoms with Crippen LogP contribution in [0.2, 0.25) is 4.34 Å². The van der Waals surface area contributed by atoms with Gasteiger partial charge in [-0.25, -0.2) is 4.98 Å². The Balaban J connectivity index is 2.16. The Morgan fingerprint density at radius 2 is 2.31 bits per heavy atom. The summed E-state index contributed by atoms with van der Waals surface area (Å²) in [5.74, 6) is -0.274. The number of methoxy groups -OCH3 is 1. The van der Waals surface area contributed by atoms with Crippen LogP contribution in [0.3, 0.4) is 0 Å². The number of aromatic nitrogens is 1. The number of thiophene rings is 1. The highest BCUT2D eigenvalue weighted by Crippen LogP contribution is 2.29. The molecule has 2 rings (SSSR count). The van der Waals surface area contributed by atoms with E-state index in [1.165, 1.54) is 29.8 Å². The van der Waals surface area contributed by atoms with Gasteiger partial charge >= 0.3 is 5.97 Å². The molecule has 0 aromatic carbocycles. The first-order valence-corrected chi connectivity index (χ1v) is 6.58. The maximum absolute atomic E-state index is 11.1. The van der Waals surface area contributed by atoms with Gasteiger partial charge in [0.25, 0.3) is 0 Å². The normalized spacial score (nSPS) is 10.4. The lowest BCUT2D eigenvalue weighted by atomic mass is 10.3. The van der Waals surface area contributed by atoms with Crippen LogP contribution in [0.5, 0.6) is 0 Å². The van der Waals surface area contributed by atoms with Crippen molar-refractivity contribution < 1.29 is 9.53 Å². The summed E-state index contributed by atoms with van der Waals surface area (Å²) < 4.78 is 5.32. The van der Waals surface area contributed by atoms with Crippen LogP contribution in [0.25, 0.3) is 11.3 Å². The molecule has 3 nitrogen and oxygen atoms in total. The standard InChI is InChI=1S/C10H8ClNO2S2/c1-14-10(13)3-9-12-7(5-16-9)6-2-8(11)15-4-6/h2,4-5H,3H2,1H3. The van der Waals surface area contributed by atoms with Crippen molar-refractivity contribution in [1.82, 2.24) is 4.98 Å². The molecular formula is C10H8ClNO2S2. The Kier molecular flexibility index (Phi) is 3.58. The molecule has 0 saturated heterocycles. The first kappa shape index (κ1) is 11.6. The van der Waals surface area contributed by atoms with Crippen molar-refractivity contribution in [1.29, 1.82) is 0 Å². The first-order valence-electron chi connectivity index (χ1n) is 4.44. The van der Waals surface area contributed by atoms with Gasteiger partial charge in [0.15, 0.2) is 0 Å². The summed E-state index contributed by atoms with van der Waals surface area (Å²) in [4.78, 5) is 15.4. The number of carbonyl (C=O) groups excluding carboxylic acids is 1. The SMILES string of the molecule is COC(=O)Cc1nc(-c2csc(Cl)c2)cs1. The van der Waals surface area contributed by atoms with E-state index in [1.807, 2.05) is 16.8 Å². The molecular weight excluding hydrogens is 266 g/mol. The Morgan fingerprint density at radius 1 is 1.50 bits per heavy atom. The molecule has 0 bridgehead atoms. The van der Waals surface area contributed by atoms with Crippen molar-refractivity contribution in [2.24, 2.45) is 0 Å². The molecule has 84 valence electrons. The third-order valence-electron chi connectivity index (χ3n) is 1.94. The molecule has 0 atom stereocenters. The van der Waals surface area contributed by atoms with Gasteiger partial charge in [-0.05, 0) is 6.07 Å². The van der Waals surface area contributed by atoms with E-state index in [4.69, 9.17) is 11.6 Å².